The lowest BCUT2D eigenvalue weighted by Gasteiger charge is -2.06. The summed E-state index contributed by atoms with van der Waals surface area (Å²) >= 11 is 0. The van der Waals surface area contributed by atoms with Crippen LogP contribution in [0.15, 0.2) is 61.2 Å². The van der Waals surface area contributed by atoms with Gasteiger partial charge in [-0.05, 0) is 24.3 Å². The molecule has 0 aliphatic heterocycles. The zero-order chi connectivity index (χ0) is 17.9. The quantitative estimate of drug-likeness (QED) is 0.612. The van der Waals surface area contributed by atoms with E-state index in [1.165, 1.54) is 29.3 Å². The highest BCUT2D eigenvalue weighted by molar-refractivity contribution is 6.02. The van der Waals surface area contributed by atoms with E-state index in [2.05, 4.69) is 31.4 Å². The summed E-state index contributed by atoms with van der Waals surface area (Å²) < 4.78 is 1.52. The Labute approximate surface area is 147 Å². The molecule has 1 amide bonds. The van der Waals surface area contributed by atoms with Gasteiger partial charge in [-0.2, -0.15) is 14.9 Å². The smallest absolute Gasteiger partial charge is 0.275 e. The molecule has 0 saturated carbocycles. The summed E-state index contributed by atoms with van der Waals surface area (Å²) in [7, 11) is 0. The van der Waals surface area contributed by atoms with Crippen LogP contribution in [-0.4, -0.2) is 30.5 Å². The molecule has 124 valence electrons. The van der Waals surface area contributed by atoms with Crippen LogP contribution in [0.3, 0.4) is 0 Å². The molecule has 4 aromatic rings. The van der Waals surface area contributed by atoms with Crippen molar-refractivity contribution in [3.63, 3.8) is 0 Å². The molecule has 0 unspecified atom stereocenters. The van der Waals surface area contributed by atoms with Crippen LogP contribution in [0.25, 0.3) is 16.9 Å². The van der Waals surface area contributed by atoms with Gasteiger partial charge in [-0.3, -0.25) is 4.79 Å². The number of nitrogens with one attached hydrogen (secondary N) is 1. The van der Waals surface area contributed by atoms with Crippen molar-refractivity contribution in [2.45, 2.75) is 0 Å². The fraction of sp³-hybridized carbons (Fsp3) is 0. The van der Waals surface area contributed by atoms with Crippen LogP contribution in [0, 0.1) is 11.3 Å². The first kappa shape index (κ1) is 15.4. The molecule has 0 spiro atoms. The first-order chi connectivity index (χ1) is 12.8. The van der Waals surface area contributed by atoms with E-state index in [1.807, 2.05) is 12.1 Å². The minimum Gasteiger partial charge on any atom is -0.304 e. The van der Waals surface area contributed by atoms with E-state index in [4.69, 9.17) is 0 Å². The predicted molar refractivity (Wildman–Crippen MR) is 93.1 cm³/mol. The van der Waals surface area contributed by atoms with Crippen molar-refractivity contribution in [1.82, 2.24) is 24.6 Å². The van der Waals surface area contributed by atoms with Gasteiger partial charge in [0.05, 0.1) is 23.5 Å². The van der Waals surface area contributed by atoms with Crippen LogP contribution in [0.4, 0.5) is 5.82 Å². The predicted octanol–water partition coefficient (Wildman–Crippen LogP) is 2.31. The monoisotopic (exact) mass is 341 g/mol. The number of carbonyl (C=O) groups is 1. The molecule has 1 aromatic carbocycles. The average Bonchev–Trinajstić information content (AvgIpc) is 3.10. The molecule has 0 aliphatic carbocycles. The van der Waals surface area contributed by atoms with Crippen molar-refractivity contribution in [3.05, 3.63) is 72.4 Å². The van der Waals surface area contributed by atoms with Crippen LogP contribution < -0.4 is 5.32 Å². The maximum Gasteiger partial charge on any atom is 0.275 e. The molecule has 0 radical (unpaired) electrons. The second kappa shape index (κ2) is 6.41. The number of nitrogens with zero attached hydrogens (tertiary/aromatic N) is 6. The Morgan fingerprint density at radius 1 is 1.12 bits per heavy atom. The topological polar surface area (TPSA) is 109 Å². The largest absolute Gasteiger partial charge is 0.304 e. The Bertz CT molecular complexity index is 1150. The molecule has 0 fully saturated rings. The Morgan fingerprint density at radius 3 is 2.81 bits per heavy atom. The van der Waals surface area contributed by atoms with Gasteiger partial charge < -0.3 is 5.32 Å². The number of imidazole rings is 1. The van der Waals surface area contributed by atoms with Gasteiger partial charge in [0.2, 0.25) is 0 Å². The fourth-order valence-corrected chi connectivity index (χ4v) is 2.51. The van der Waals surface area contributed by atoms with Crippen molar-refractivity contribution < 1.29 is 4.79 Å². The molecule has 4 rings (SSSR count). The van der Waals surface area contributed by atoms with Crippen molar-refractivity contribution in [1.29, 1.82) is 5.26 Å². The Morgan fingerprint density at radius 2 is 2.00 bits per heavy atom. The number of nitriles is 1. The molecule has 0 aliphatic rings. The second-order valence-corrected chi connectivity index (χ2v) is 5.34. The van der Waals surface area contributed by atoms with E-state index in [0.29, 0.717) is 28.3 Å². The Balaban J connectivity index is 1.74. The second-order valence-electron chi connectivity index (χ2n) is 5.34. The van der Waals surface area contributed by atoms with Crippen LogP contribution in [0.2, 0.25) is 0 Å². The summed E-state index contributed by atoms with van der Waals surface area (Å²) in [6, 6.07) is 14.4. The molecule has 1 N–H and O–H groups in total. The van der Waals surface area contributed by atoms with Gasteiger partial charge in [-0.15, -0.1) is 0 Å². The number of benzene rings is 1. The van der Waals surface area contributed by atoms with E-state index >= 15 is 0 Å². The van der Waals surface area contributed by atoms with E-state index in [1.54, 1.807) is 24.3 Å². The summed E-state index contributed by atoms with van der Waals surface area (Å²) in [6.07, 6.45) is 4.31. The van der Waals surface area contributed by atoms with Gasteiger partial charge in [0.15, 0.2) is 11.5 Å². The molecule has 0 bridgehead atoms. The lowest BCUT2D eigenvalue weighted by molar-refractivity contribution is 0.102. The average molecular weight is 341 g/mol. The van der Waals surface area contributed by atoms with E-state index in [0.717, 1.165) is 0 Å². The van der Waals surface area contributed by atoms with Crippen LogP contribution in [-0.2, 0) is 0 Å². The highest BCUT2D eigenvalue weighted by Gasteiger charge is 2.13. The maximum atomic E-state index is 12.3. The highest BCUT2D eigenvalue weighted by Crippen LogP contribution is 2.22. The number of amides is 1. The molecule has 0 saturated heterocycles. The van der Waals surface area contributed by atoms with Gasteiger partial charge in [-0.25, -0.2) is 15.0 Å². The van der Waals surface area contributed by atoms with Gasteiger partial charge in [0.25, 0.3) is 5.91 Å². The van der Waals surface area contributed by atoms with Gasteiger partial charge in [0.1, 0.15) is 12.0 Å². The van der Waals surface area contributed by atoms with Crippen molar-refractivity contribution >= 4 is 17.4 Å². The third kappa shape index (κ3) is 2.74. The van der Waals surface area contributed by atoms with Crippen molar-refractivity contribution in [2.75, 3.05) is 5.32 Å². The summed E-state index contributed by atoms with van der Waals surface area (Å²) in [5.41, 5.74) is 2.64. The number of aromatic nitrogens is 5. The minimum absolute atomic E-state index is 0.237. The number of hydrogen-bond donors (Lipinski definition) is 1. The van der Waals surface area contributed by atoms with E-state index < -0.39 is 0 Å². The third-order valence-corrected chi connectivity index (χ3v) is 3.74. The minimum atomic E-state index is -0.390. The maximum absolute atomic E-state index is 12.3. The number of rotatable bonds is 3. The number of hydrogen-bond acceptors (Lipinski definition) is 6. The van der Waals surface area contributed by atoms with Gasteiger partial charge >= 0.3 is 0 Å². The van der Waals surface area contributed by atoms with Crippen LogP contribution in [0.5, 0.6) is 0 Å². The first-order valence-corrected chi connectivity index (χ1v) is 7.68. The summed E-state index contributed by atoms with van der Waals surface area (Å²) in [4.78, 5) is 24.2. The van der Waals surface area contributed by atoms with Gasteiger partial charge in [0, 0.05) is 11.8 Å². The molecule has 26 heavy (non-hydrogen) atoms. The van der Waals surface area contributed by atoms with Crippen LogP contribution >= 0.6 is 0 Å². The van der Waals surface area contributed by atoms with E-state index in [9.17, 15) is 10.1 Å². The molecule has 3 aromatic heterocycles. The van der Waals surface area contributed by atoms with E-state index in [-0.39, 0.29) is 11.6 Å². The third-order valence-electron chi connectivity index (χ3n) is 3.74. The lowest BCUT2D eigenvalue weighted by Crippen LogP contribution is -2.15. The standard InChI is InChI=1S/C18H11N7O/c19-9-12-3-1-2-4-13(12)14-5-6-16-21-10-17(25(16)24-14)23-18(26)15-7-8-20-11-22-15/h1-8,10-11H,(H,23,26). The van der Waals surface area contributed by atoms with Crippen molar-refractivity contribution in [3.8, 4) is 17.3 Å². The zero-order valence-corrected chi connectivity index (χ0v) is 13.4. The van der Waals surface area contributed by atoms with Crippen LogP contribution in [0.1, 0.15) is 16.1 Å². The fourth-order valence-electron chi connectivity index (χ4n) is 2.51. The Hall–Kier alpha value is -4.12. The number of fused-ring (bicyclic) bond motifs is 1. The SMILES string of the molecule is N#Cc1ccccc1-c1ccc2ncc(NC(=O)c3ccncn3)n2n1. The number of carbonyl (C=O) groups excluding carboxylic acids is 1. The number of anilines is 1. The summed E-state index contributed by atoms with van der Waals surface area (Å²) in [5.74, 6) is 0.0127. The molecule has 3 heterocycles. The van der Waals surface area contributed by atoms with Crippen molar-refractivity contribution in [2.24, 2.45) is 0 Å². The highest BCUT2D eigenvalue weighted by atomic mass is 16.2. The molecule has 8 heteroatoms. The normalized spacial score (nSPS) is 10.4. The molecular formula is C18H11N7O. The molecule has 0 atom stereocenters. The molecule has 8 nitrogen and oxygen atoms in total. The zero-order valence-electron chi connectivity index (χ0n) is 13.4. The summed E-state index contributed by atoms with van der Waals surface area (Å²) in [6.45, 7) is 0. The lowest BCUT2D eigenvalue weighted by atomic mass is 10.1. The summed E-state index contributed by atoms with van der Waals surface area (Å²) in [5, 5.41) is 16.5. The molecular weight excluding hydrogens is 330 g/mol. The Kier molecular flexibility index (Phi) is 3.80. The first-order valence-electron chi connectivity index (χ1n) is 7.68. The van der Waals surface area contributed by atoms with Gasteiger partial charge in [-0.1, -0.05) is 18.2 Å².